The van der Waals surface area contributed by atoms with Crippen molar-refractivity contribution >= 4 is 29.6 Å². The van der Waals surface area contributed by atoms with Crippen LogP contribution in [0.5, 0.6) is 0 Å². The lowest BCUT2D eigenvalue weighted by atomic mass is 9.73. The van der Waals surface area contributed by atoms with Gasteiger partial charge in [0, 0.05) is 18.7 Å². The van der Waals surface area contributed by atoms with E-state index in [1.807, 2.05) is 11.9 Å². The third-order valence-electron chi connectivity index (χ3n) is 4.50. The highest BCUT2D eigenvalue weighted by Crippen LogP contribution is 2.44. The molecule has 2 aliphatic heterocycles. The Balaban J connectivity index is 2.01. The van der Waals surface area contributed by atoms with Crippen LogP contribution in [0, 0.1) is 0 Å². The maximum Gasteiger partial charge on any atom is 0.497 e. The monoisotopic (exact) mass is 289 g/mol. The van der Waals surface area contributed by atoms with E-state index in [2.05, 4.69) is 51.9 Å². The summed E-state index contributed by atoms with van der Waals surface area (Å²) < 4.78 is 12.3. The topological polar surface area (TPSA) is 21.7 Å². The highest BCUT2D eigenvalue weighted by atomic mass is 32.1. The van der Waals surface area contributed by atoms with E-state index in [1.165, 1.54) is 10.4 Å². The second-order valence-corrected chi connectivity index (χ2v) is 7.31. The highest BCUT2D eigenvalue weighted by Gasteiger charge is 2.53. The Morgan fingerprint density at radius 2 is 1.80 bits per heavy atom. The molecular formula is C15H20BNO2S. The molecule has 1 aromatic rings. The van der Waals surface area contributed by atoms with Crippen molar-refractivity contribution < 1.29 is 9.31 Å². The molecule has 0 bridgehead atoms. The quantitative estimate of drug-likeness (QED) is 0.737. The molecule has 1 fully saturated rings. The third kappa shape index (κ3) is 1.88. The number of fused-ring (bicyclic) bond motifs is 1. The van der Waals surface area contributed by atoms with Gasteiger partial charge in [-0.15, -0.1) is 11.3 Å². The number of hydrogen-bond acceptors (Lipinski definition) is 4. The minimum absolute atomic E-state index is 0.318. The normalized spacial score (nSPS) is 23.9. The molecule has 20 heavy (non-hydrogen) atoms. The number of nitrogens with zero attached hydrogens (tertiary/aromatic N) is 1. The van der Waals surface area contributed by atoms with E-state index in [1.54, 1.807) is 11.3 Å². The van der Waals surface area contributed by atoms with Crippen LogP contribution in [0.3, 0.4) is 0 Å². The summed E-state index contributed by atoms with van der Waals surface area (Å²) in [5.41, 5.74) is 2.64. The van der Waals surface area contributed by atoms with Crippen LogP contribution < -0.4 is 0 Å². The molecule has 0 saturated carbocycles. The summed E-state index contributed by atoms with van der Waals surface area (Å²) in [6, 6.07) is 2.12. The standard InChI is InChI=1S/C15H20BNO2S/c1-10-13-11(7-8-20-13)12(9-17(10)6)16-18-14(2,3)15(4,5)19-16/h7-9H,1H2,2-6H3. The van der Waals surface area contributed by atoms with Crippen LogP contribution in [0.15, 0.2) is 24.2 Å². The Hall–Kier alpha value is -1.04. The van der Waals surface area contributed by atoms with Crippen molar-refractivity contribution in [2.45, 2.75) is 38.9 Å². The Kier molecular flexibility index (Phi) is 2.94. The van der Waals surface area contributed by atoms with Crippen LogP contribution >= 0.6 is 11.3 Å². The second kappa shape index (κ2) is 4.23. The molecule has 5 heteroatoms. The summed E-state index contributed by atoms with van der Waals surface area (Å²) in [4.78, 5) is 3.24. The molecular weight excluding hydrogens is 269 g/mol. The van der Waals surface area contributed by atoms with Crippen molar-refractivity contribution in [2.75, 3.05) is 7.05 Å². The van der Waals surface area contributed by atoms with Crippen molar-refractivity contribution in [3.8, 4) is 0 Å². The summed E-state index contributed by atoms with van der Waals surface area (Å²) in [7, 11) is 1.68. The van der Waals surface area contributed by atoms with Gasteiger partial charge in [0.25, 0.3) is 0 Å². The molecule has 0 aliphatic carbocycles. The van der Waals surface area contributed by atoms with Crippen molar-refractivity contribution in [3.05, 3.63) is 34.7 Å². The molecule has 0 amide bonds. The van der Waals surface area contributed by atoms with E-state index in [0.717, 1.165) is 11.2 Å². The fraction of sp³-hybridized carbons (Fsp3) is 0.467. The van der Waals surface area contributed by atoms with Crippen LogP contribution in [0.25, 0.3) is 11.2 Å². The molecule has 0 N–H and O–H groups in total. The highest BCUT2D eigenvalue weighted by molar-refractivity contribution is 7.11. The van der Waals surface area contributed by atoms with Gasteiger partial charge in [-0.25, -0.2) is 0 Å². The lowest BCUT2D eigenvalue weighted by molar-refractivity contribution is 0.00578. The molecule has 1 aromatic heterocycles. The number of thiophene rings is 1. The van der Waals surface area contributed by atoms with Crippen molar-refractivity contribution in [2.24, 2.45) is 0 Å². The largest absolute Gasteiger partial charge is 0.497 e. The van der Waals surface area contributed by atoms with E-state index in [-0.39, 0.29) is 18.3 Å². The summed E-state index contributed by atoms with van der Waals surface area (Å²) >= 11 is 1.71. The zero-order valence-corrected chi connectivity index (χ0v) is 13.5. The molecule has 1 saturated heterocycles. The van der Waals surface area contributed by atoms with E-state index in [0.29, 0.717) is 0 Å². The molecule has 0 unspecified atom stereocenters. The first-order valence-corrected chi connectivity index (χ1v) is 7.68. The van der Waals surface area contributed by atoms with Crippen LogP contribution in [-0.4, -0.2) is 30.3 Å². The maximum absolute atomic E-state index is 6.17. The van der Waals surface area contributed by atoms with Gasteiger partial charge in [0.05, 0.1) is 21.8 Å². The van der Waals surface area contributed by atoms with Crippen LogP contribution in [0.2, 0.25) is 0 Å². The van der Waals surface area contributed by atoms with Crippen molar-refractivity contribution in [1.82, 2.24) is 4.90 Å². The molecule has 3 nitrogen and oxygen atoms in total. The Bertz CT molecular complexity index is 587. The summed E-state index contributed by atoms with van der Waals surface area (Å²) in [6.07, 6.45) is 2.07. The van der Waals surface area contributed by atoms with Gasteiger partial charge in [-0.1, -0.05) is 6.58 Å². The van der Waals surface area contributed by atoms with Crippen molar-refractivity contribution in [1.29, 1.82) is 0 Å². The summed E-state index contributed by atoms with van der Waals surface area (Å²) in [5, 5.41) is 2.09. The van der Waals surface area contributed by atoms with Gasteiger partial charge in [-0.3, -0.25) is 0 Å². The Morgan fingerprint density at radius 1 is 1.20 bits per heavy atom. The van der Waals surface area contributed by atoms with E-state index >= 15 is 0 Å². The van der Waals surface area contributed by atoms with Crippen LogP contribution in [-0.2, 0) is 9.31 Å². The van der Waals surface area contributed by atoms with Gasteiger partial charge in [0.15, 0.2) is 0 Å². The fourth-order valence-corrected chi connectivity index (χ4v) is 3.37. The minimum Gasteiger partial charge on any atom is -0.399 e. The first-order chi connectivity index (χ1) is 9.23. The molecule has 106 valence electrons. The van der Waals surface area contributed by atoms with Crippen molar-refractivity contribution in [3.63, 3.8) is 0 Å². The second-order valence-electron chi connectivity index (χ2n) is 6.39. The zero-order valence-electron chi connectivity index (χ0n) is 12.7. The third-order valence-corrected chi connectivity index (χ3v) is 5.47. The fourth-order valence-electron chi connectivity index (χ4n) is 2.43. The molecule has 0 aromatic carbocycles. The maximum atomic E-state index is 6.17. The average molecular weight is 289 g/mol. The molecule has 3 heterocycles. The predicted molar refractivity (Wildman–Crippen MR) is 85.2 cm³/mol. The SMILES string of the molecule is C=C1c2sccc2C(B2OC(C)(C)C(C)(C)O2)=CN1C. The summed E-state index contributed by atoms with van der Waals surface area (Å²) in [5.74, 6) is 0. The molecule has 2 aliphatic rings. The zero-order chi connectivity index (χ0) is 14.7. The lowest BCUT2D eigenvalue weighted by Gasteiger charge is -2.32. The lowest BCUT2D eigenvalue weighted by Crippen LogP contribution is -2.41. The predicted octanol–water partition coefficient (Wildman–Crippen LogP) is 3.64. The molecule has 0 atom stereocenters. The molecule has 0 spiro atoms. The van der Waals surface area contributed by atoms with Gasteiger partial charge < -0.3 is 14.2 Å². The van der Waals surface area contributed by atoms with Gasteiger partial charge in [0.2, 0.25) is 0 Å². The van der Waals surface area contributed by atoms with Gasteiger partial charge in [0.1, 0.15) is 0 Å². The Labute approximate surface area is 125 Å². The first-order valence-electron chi connectivity index (χ1n) is 6.80. The smallest absolute Gasteiger partial charge is 0.399 e. The minimum atomic E-state index is -0.330. The summed E-state index contributed by atoms with van der Waals surface area (Å²) in [6.45, 7) is 12.4. The van der Waals surface area contributed by atoms with E-state index < -0.39 is 0 Å². The van der Waals surface area contributed by atoms with Gasteiger partial charge in [-0.05, 0) is 44.7 Å². The van der Waals surface area contributed by atoms with Gasteiger partial charge >= 0.3 is 7.12 Å². The van der Waals surface area contributed by atoms with E-state index in [4.69, 9.17) is 9.31 Å². The number of rotatable bonds is 1. The van der Waals surface area contributed by atoms with Crippen LogP contribution in [0.1, 0.15) is 38.1 Å². The molecule has 3 rings (SSSR count). The number of hydrogen-bond donors (Lipinski definition) is 0. The van der Waals surface area contributed by atoms with Gasteiger partial charge in [-0.2, -0.15) is 0 Å². The average Bonchev–Trinajstić information content (AvgIpc) is 2.88. The Morgan fingerprint density at radius 3 is 2.40 bits per heavy atom. The van der Waals surface area contributed by atoms with E-state index in [9.17, 15) is 0 Å². The van der Waals surface area contributed by atoms with Crippen LogP contribution in [0.4, 0.5) is 0 Å². The molecule has 0 radical (unpaired) electrons. The first kappa shape index (κ1) is 13.9.